The summed E-state index contributed by atoms with van der Waals surface area (Å²) in [5, 5.41) is 8.88. The van der Waals surface area contributed by atoms with Crippen LogP contribution in [0.15, 0.2) is 0 Å². The normalized spacial score (nSPS) is 20.0. The molecule has 6 nitrogen and oxygen atoms in total. The van der Waals surface area contributed by atoms with E-state index in [0.717, 1.165) is 0 Å². The largest absolute Gasteiger partial charge is 0.343 e. The molecule has 1 rings (SSSR count). The average molecular weight is 294 g/mol. The molecule has 1 saturated heterocycles. The van der Waals surface area contributed by atoms with Crippen LogP contribution in [0.2, 0.25) is 0 Å². The van der Waals surface area contributed by atoms with Crippen LogP contribution in [-0.2, 0) is 9.59 Å². The first-order valence-electron chi connectivity index (χ1n) is 7.42. The van der Waals surface area contributed by atoms with Crippen molar-refractivity contribution in [1.82, 2.24) is 14.7 Å². The van der Waals surface area contributed by atoms with E-state index in [-0.39, 0.29) is 24.3 Å². The zero-order chi connectivity index (χ0) is 16.2. The summed E-state index contributed by atoms with van der Waals surface area (Å²) >= 11 is 0. The van der Waals surface area contributed by atoms with Crippen molar-refractivity contribution in [3.63, 3.8) is 0 Å². The number of carbonyl (C=O) groups is 2. The Morgan fingerprint density at radius 2 is 2.10 bits per heavy atom. The van der Waals surface area contributed by atoms with Gasteiger partial charge in [0.15, 0.2) is 0 Å². The highest BCUT2D eigenvalue weighted by atomic mass is 16.2. The second-order valence-electron chi connectivity index (χ2n) is 6.17. The van der Waals surface area contributed by atoms with Crippen LogP contribution in [0, 0.1) is 17.2 Å². The number of amides is 2. The van der Waals surface area contributed by atoms with Gasteiger partial charge in [0.05, 0.1) is 24.1 Å². The fourth-order valence-corrected chi connectivity index (χ4v) is 2.57. The molecule has 0 aromatic heterocycles. The molecular formula is C15H26N4O2. The van der Waals surface area contributed by atoms with E-state index in [4.69, 9.17) is 5.26 Å². The Bertz CT molecular complexity index is 441. The molecule has 6 heteroatoms. The van der Waals surface area contributed by atoms with Crippen molar-refractivity contribution >= 4 is 11.8 Å². The molecule has 21 heavy (non-hydrogen) atoms. The molecule has 0 N–H and O–H groups in total. The first-order valence-corrected chi connectivity index (χ1v) is 7.42. The molecule has 0 aliphatic carbocycles. The number of nitrogens with zero attached hydrogens (tertiary/aromatic N) is 4. The van der Waals surface area contributed by atoms with Gasteiger partial charge < -0.3 is 9.80 Å². The minimum Gasteiger partial charge on any atom is -0.343 e. The van der Waals surface area contributed by atoms with Gasteiger partial charge in [-0.05, 0) is 27.7 Å². The van der Waals surface area contributed by atoms with Gasteiger partial charge in [-0.25, -0.2) is 0 Å². The first-order chi connectivity index (χ1) is 9.73. The molecule has 1 fully saturated rings. The molecule has 1 aliphatic heterocycles. The van der Waals surface area contributed by atoms with Crippen LogP contribution >= 0.6 is 0 Å². The summed E-state index contributed by atoms with van der Waals surface area (Å²) in [6.07, 6.45) is 0. The molecular weight excluding hydrogens is 268 g/mol. The monoisotopic (exact) mass is 294 g/mol. The summed E-state index contributed by atoms with van der Waals surface area (Å²) in [6.45, 7) is 9.97. The summed E-state index contributed by atoms with van der Waals surface area (Å²) in [4.78, 5) is 30.0. The van der Waals surface area contributed by atoms with Gasteiger partial charge in [-0.3, -0.25) is 14.5 Å². The van der Waals surface area contributed by atoms with Crippen LogP contribution in [0.25, 0.3) is 0 Å². The predicted molar refractivity (Wildman–Crippen MR) is 80.3 cm³/mol. The number of piperazine rings is 1. The maximum Gasteiger partial charge on any atom is 0.242 e. The fourth-order valence-electron chi connectivity index (χ4n) is 2.57. The molecule has 0 aromatic carbocycles. The van der Waals surface area contributed by atoms with E-state index in [9.17, 15) is 9.59 Å². The number of rotatable bonds is 5. The second kappa shape index (κ2) is 6.90. The van der Waals surface area contributed by atoms with Crippen molar-refractivity contribution in [1.29, 1.82) is 5.26 Å². The van der Waals surface area contributed by atoms with Crippen LogP contribution in [0.5, 0.6) is 0 Å². The molecule has 0 bridgehead atoms. The SMILES string of the molecule is CCN(CC(C)C#N)C(=O)CN1CCN(C)C(=O)C1(C)C. The fraction of sp³-hybridized carbons (Fsp3) is 0.800. The van der Waals surface area contributed by atoms with Gasteiger partial charge in [-0.2, -0.15) is 5.26 Å². The van der Waals surface area contributed by atoms with Crippen molar-refractivity contribution in [3.05, 3.63) is 0 Å². The van der Waals surface area contributed by atoms with E-state index in [1.807, 2.05) is 25.7 Å². The van der Waals surface area contributed by atoms with E-state index >= 15 is 0 Å². The number of hydrogen-bond acceptors (Lipinski definition) is 4. The van der Waals surface area contributed by atoms with Crippen molar-refractivity contribution in [3.8, 4) is 6.07 Å². The van der Waals surface area contributed by atoms with Crippen molar-refractivity contribution < 1.29 is 9.59 Å². The highest BCUT2D eigenvalue weighted by Crippen LogP contribution is 2.21. The Morgan fingerprint density at radius 1 is 1.48 bits per heavy atom. The van der Waals surface area contributed by atoms with E-state index in [1.165, 1.54) is 0 Å². The van der Waals surface area contributed by atoms with Crippen molar-refractivity contribution in [2.24, 2.45) is 5.92 Å². The van der Waals surface area contributed by atoms with Crippen LogP contribution in [0.3, 0.4) is 0 Å². The quantitative estimate of drug-likeness (QED) is 0.742. The third-order valence-corrected chi connectivity index (χ3v) is 4.14. The van der Waals surface area contributed by atoms with E-state index in [1.54, 1.807) is 23.8 Å². The highest BCUT2D eigenvalue weighted by Gasteiger charge is 2.41. The highest BCUT2D eigenvalue weighted by molar-refractivity contribution is 5.87. The zero-order valence-electron chi connectivity index (χ0n) is 13.7. The smallest absolute Gasteiger partial charge is 0.242 e. The molecule has 1 unspecified atom stereocenters. The van der Waals surface area contributed by atoms with Crippen molar-refractivity contribution in [2.45, 2.75) is 33.2 Å². The van der Waals surface area contributed by atoms with Gasteiger partial charge in [0.1, 0.15) is 0 Å². The zero-order valence-corrected chi connectivity index (χ0v) is 13.7. The maximum atomic E-state index is 12.4. The Kier molecular flexibility index (Phi) is 5.73. The Labute approximate surface area is 127 Å². The van der Waals surface area contributed by atoms with Crippen molar-refractivity contribution in [2.75, 3.05) is 39.8 Å². The molecule has 0 spiro atoms. The van der Waals surface area contributed by atoms with E-state index < -0.39 is 5.54 Å². The second-order valence-corrected chi connectivity index (χ2v) is 6.17. The Morgan fingerprint density at radius 3 is 2.62 bits per heavy atom. The molecule has 1 heterocycles. The number of hydrogen-bond donors (Lipinski definition) is 0. The lowest BCUT2D eigenvalue weighted by Crippen LogP contribution is -2.63. The Hall–Kier alpha value is -1.61. The predicted octanol–water partition coefficient (Wildman–Crippen LogP) is 0.547. The Balaban J connectivity index is 2.73. The van der Waals surface area contributed by atoms with Gasteiger partial charge in [0.25, 0.3) is 0 Å². The molecule has 1 atom stereocenters. The van der Waals surface area contributed by atoms with Crippen LogP contribution in [0.4, 0.5) is 0 Å². The minimum atomic E-state index is -0.664. The summed E-state index contributed by atoms with van der Waals surface area (Å²) in [7, 11) is 1.79. The van der Waals surface area contributed by atoms with Crippen LogP contribution in [-0.4, -0.2) is 71.8 Å². The number of carbonyl (C=O) groups excluding carboxylic acids is 2. The molecule has 118 valence electrons. The lowest BCUT2D eigenvalue weighted by molar-refractivity contribution is -0.150. The van der Waals surface area contributed by atoms with E-state index in [0.29, 0.717) is 26.2 Å². The van der Waals surface area contributed by atoms with Gasteiger partial charge in [0, 0.05) is 33.2 Å². The summed E-state index contributed by atoms with van der Waals surface area (Å²) in [6, 6.07) is 2.15. The van der Waals surface area contributed by atoms with Gasteiger partial charge in [0.2, 0.25) is 11.8 Å². The van der Waals surface area contributed by atoms with Gasteiger partial charge in [-0.1, -0.05) is 0 Å². The maximum absolute atomic E-state index is 12.4. The topological polar surface area (TPSA) is 67.7 Å². The van der Waals surface area contributed by atoms with Crippen LogP contribution < -0.4 is 0 Å². The average Bonchev–Trinajstić information content (AvgIpc) is 2.45. The standard InChI is InChI=1S/C15H26N4O2/c1-6-18(10-12(2)9-16)13(20)11-19-8-7-17(5)14(21)15(19,3)4/h12H,6-8,10-11H2,1-5H3. The number of likely N-dealkylation sites (N-methyl/N-ethyl adjacent to an activating group) is 2. The molecule has 0 saturated carbocycles. The minimum absolute atomic E-state index is 0.0231. The molecule has 1 aliphatic rings. The molecule has 2 amide bonds. The summed E-state index contributed by atoms with van der Waals surface area (Å²) < 4.78 is 0. The third kappa shape index (κ3) is 3.94. The first kappa shape index (κ1) is 17.4. The van der Waals surface area contributed by atoms with Crippen LogP contribution in [0.1, 0.15) is 27.7 Å². The summed E-state index contributed by atoms with van der Waals surface area (Å²) in [5.74, 6) is -0.170. The molecule has 0 radical (unpaired) electrons. The molecule has 0 aromatic rings. The van der Waals surface area contributed by atoms with Gasteiger partial charge in [-0.15, -0.1) is 0 Å². The van der Waals surface area contributed by atoms with E-state index in [2.05, 4.69) is 6.07 Å². The number of nitriles is 1. The lowest BCUT2D eigenvalue weighted by atomic mass is 9.97. The summed E-state index contributed by atoms with van der Waals surface area (Å²) in [5.41, 5.74) is -0.664. The van der Waals surface area contributed by atoms with Gasteiger partial charge >= 0.3 is 0 Å². The third-order valence-electron chi connectivity index (χ3n) is 4.14. The lowest BCUT2D eigenvalue weighted by Gasteiger charge is -2.44.